The zero-order chi connectivity index (χ0) is 16.4. The molecule has 1 N–H and O–H groups in total. The molecule has 0 aliphatic rings. The van der Waals surface area contributed by atoms with Crippen LogP contribution < -0.4 is 5.32 Å². The maximum absolute atomic E-state index is 13.2. The molecule has 0 spiro atoms. The van der Waals surface area contributed by atoms with Gasteiger partial charge in [0.1, 0.15) is 0 Å². The standard InChI is InChI=1S/C17H12F2N2OS/c1-10-20-16(9-23-10)11-3-2-4-13(7-11)21-17(22)12-5-6-14(18)15(19)8-12/h2-9H,1H3,(H,21,22). The van der Waals surface area contributed by atoms with Crippen LogP contribution in [0.15, 0.2) is 47.8 Å². The fourth-order valence-electron chi connectivity index (χ4n) is 2.09. The first kappa shape index (κ1) is 15.3. The van der Waals surface area contributed by atoms with Gasteiger partial charge in [-0.15, -0.1) is 11.3 Å². The van der Waals surface area contributed by atoms with Crippen LogP contribution in [0.2, 0.25) is 0 Å². The quantitative estimate of drug-likeness (QED) is 0.759. The monoisotopic (exact) mass is 330 g/mol. The van der Waals surface area contributed by atoms with Gasteiger partial charge in [-0.1, -0.05) is 12.1 Å². The molecule has 1 amide bonds. The smallest absolute Gasteiger partial charge is 0.255 e. The van der Waals surface area contributed by atoms with Crippen molar-refractivity contribution in [3.8, 4) is 11.3 Å². The lowest BCUT2D eigenvalue weighted by molar-refractivity contribution is 0.102. The highest BCUT2D eigenvalue weighted by molar-refractivity contribution is 7.09. The number of carbonyl (C=O) groups excluding carboxylic acids is 1. The van der Waals surface area contributed by atoms with Crippen LogP contribution in [0, 0.1) is 18.6 Å². The molecule has 0 fully saturated rings. The molecule has 3 nitrogen and oxygen atoms in total. The summed E-state index contributed by atoms with van der Waals surface area (Å²) in [4.78, 5) is 16.5. The van der Waals surface area contributed by atoms with E-state index in [1.807, 2.05) is 18.4 Å². The molecule has 0 bridgehead atoms. The number of aryl methyl sites for hydroxylation is 1. The van der Waals surface area contributed by atoms with Crippen LogP contribution in [0.3, 0.4) is 0 Å². The topological polar surface area (TPSA) is 42.0 Å². The van der Waals surface area contributed by atoms with Crippen molar-refractivity contribution in [3.63, 3.8) is 0 Å². The van der Waals surface area contributed by atoms with Crippen molar-refractivity contribution in [2.24, 2.45) is 0 Å². The van der Waals surface area contributed by atoms with E-state index < -0.39 is 17.5 Å². The first-order chi connectivity index (χ1) is 11.0. The fraction of sp³-hybridized carbons (Fsp3) is 0.0588. The molecule has 6 heteroatoms. The second-order valence-electron chi connectivity index (χ2n) is 4.92. The Kier molecular flexibility index (Phi) is 4.16. The maximum Gasteiger partial charge on any atom is 0.255 e. The van der Waals surface area contributed by atoms with Crippen molar-refractivity contribution < 1.29 is 13.6 Å². The van der Waals surface area contributed by atoms with Crippen LogP contribution in [0.4, 0.5) is 14.5 Å². The van der Waals surface area contributed by atoms with Crippen molar-refractivity contribution in [2.75, 3.05) is 5.32 Å². The summed E-state index contributed by atoms with van der Waals surface area (Å²) in [6.45, 7) is 1.92. The zero-order valence-electron chi connectivity index (χ0n) is 12.1. The lowest BCUT2D eigenvalue weighted by Crippen LogP contribution is -2.12. The Morgan fingerprint density at radius 3 is 2.65 bits per heavy atom. The van der Waals surface area contributed by atoms with Gasteiger partial charge in [-0.05, 0) is 37.3 Å². The largest absolute Gasteiger partial charge is 0.322 e. The number of halogens is 2. The van der Waals surface area contributed by atoms with E-state index in [2.05, 4.69) is 10.3 Å². The first-order valence-corrected chi connectivity index (χ1v) is 7.70. The van der Waals surface area contributed by atoms with Gasteiger partial charge < -0.3 is 5.32 Å². The molecular weight excluding hydrogens is 318 g/mol. The van der Waals surface area contributed by atoms with E-state index >= 15 is 0 Å². The summed E-state index contributed by atoms with van der Waals surface area (Å²) in [5.41, 5.74) is 2.32. The summed E-state index contributed by atoms with van der Waals surface area (Å²) in [6.07, 6.45) is 0. The number of hydrogen-bond acceptors (Lipinski definition) is 3. The minimum absolute atomic E-state index is 0.0544. The normalized spacial score (nSPS) is 10.6. The van der Waals surface area contributed by atoms with Crippen LogP contribution in [0.1, 0.15) is 15.4 Å². The number of anilines is 1. The van der Waals surface area contributed by atoms with E-state index in [0.717, 1.165) is 28.4 Å². The number of carbonyl (C=O) groups is 1. The number of nitrogens with one attached hydrogen (secondary N) is 1. The Hall–Kier alpha value is -2.60. The number of benzene rings is 2. The van der Waals surface area contributed by atoms with Gasteiger partial charge in [0.05, 0.1) is 10.7 Å². The summed E-state index contributed by atoms with van der Waals surface area (Å²) in [5, 5.41) is 5.56. The molecule has 116 valence electrons. The lowest BCUT2D eigenvalue weighted by Gasteiger charge is -2.07. The predicted molar refractivity (Wildman–Crippen MR) is 86.6 cm³/mol. The molecule has 0 radical (unpaired) electrons. The molecule has 0 atom stereocenters. The van der Waals surface area contributed by atoms with Crippen molar-refractivity contribution in [2.45, 2.75) is 6.92 Å². The predicted octanol–water partition coefficient (Wildman–Crippen LogP) is 4.65. The summed E-state index contributed by atoms with van der Waals surface area (Å²) < 4.78 is 26.1. The van der Waals surface area contributed by atoms with Crippen molar-refractivity contribution in [1.82, 2.24) is 4.98 Å². The second kappa shape index (κ2) is 6.26. The van der Waals surface area contributed by atoms with E-state index in [1.165, 1.54) is 6.07 Å². The van der Waals surface area contributed by atoms with Gasteiger partial charge in [-0.3, -0.25) is 4.79 Å². The van der Waals surface area contributed by atoms with Crippen LogP contribution in [0.5, 0.6) is 0 Å². The van der Waals surface area contributed by atoms with Crippen LogP contribution >= 0.6 is 11.3 Å². The Labute approximate surface area is 135 Å². The second-order valence-corrected chi connectivity index (χ2v) is 5.98. The highest BCUT2D eigenvalue weighted by atomic mass is 32.1. The molecule has 0 saturated heterocycles. The minimum atomic E-state index is -1.05. The Morgan fingerprint density at radius 2 is 1.96 bits per heavy atom. The van der Waals surface area contributed by atoms with E-state index in [0.29, 0.717) is 5.69 Å². The third-order valence-electron chi connectivity index (χ3n) is 3.22. The molecule has 0 aliphatic carbocycles. The molecule has 23 heavy (non-hydrogen) atoms. The van der Waals surface area contributed by atoms with Crippen molar-refractivity contribution in [3.05, 3.63) is 70.1 Å². The number of hydrogen-bond donors (Lipinski definition) is 1. The third-order valence-corrected chi connectivity index (χ3v) is 3.99. The van der Waals surface area contributed by atoms with Crippen molar-refractivity contribution >= 4 is 22.9 Å². The Morgan fingerprint density at radius 1 is 1.13 bits per heavy atom. The van der Waals surface area contributed by atoms with E-state index in [1.54, 1.807) is 29.5 Å². The number of nitrogens with zero attached hydrogens (tertiary/aromatic N) is 1. The zero-order valence-corrected chi connectivity index (χ0v) is 13.0. The minimum Gasteiger partial charge on any atom is -0.322 e. The third kappa shape index (κ3) is 3.43. The number of rotatable bonds is 3. The van der Waals surface area contributed by atoms with Gasteiger partial charge in [-0.2, -0.15) is 0 Å². The highest BCUT2D eigenvalue weighted by Gasteiger charge is 2.11. The summed E-state index contributed by atoms with van der Waals surface area (Å²) in [6, 6.07) is 10.2. The molecule has 0 unspecified atom stereocenters. The van der Waals surface area contributed by atoms with Gasteiger partial charge in [-0.25, -0.2) is 13.8 Å². The highest BCUT2D eigenvalue weighted by Crippen LogP contribution is 2.24. The summed E-state index contributed by atoms with van der Waals surface area (Å²) >= 11 is 1.54. The average Bonchev–Trinajstić information content (AvgIpc) is 2.97. The maximum atomic E-state index is 13.2. The number of amides is 1. The summed E-state index contributed by atoms with van der Waals surface area (Å²) in [5.74, 6) is -2.54. The van der Waals surface area contributed by atoms with E-state index in [4.69, 9.17) is 0 Å². The molecule has 3 aromatic rings. The summed E-state index contributed by atoms with van der Waals surface area (Å²) in [7, 11) is 0. The number of aromatic nitrogens is 1. The lowest BCUT2D eigenvalue weighted by atomic mass is 10.1. The first-order valence-electron chi connectivity index (χ1n) is 6.82. The number of thiazole rings is 1. The van der Waals surface area contributed by atoms with Crippen LogP contribution in [0.25, 0.3) is 11.3 Å². The van der Waals surface area contributed by atoms with Gasteiger partial charge >= 0.3 is 0 Å². The fourth-order valence-corrected chi connectivity index (χ4v) is 2.71. The molecule has 1 heterocycles. The van der Waals surface area contributed by atoms with Gasteiger partial charge in [0.2, 0.25) is 0 Å². The Balaban J connectivity index is 1.82. The Bertz CT molecular complexity index is 877. The van der Waals surface area contributed by atoms with Crippen LogP contribution in [-0.4, -0.2) is 10.9 Å². The van der Waals surface area contributed by atoms with Crippen molar-refractivity contribution in [1.29, 1.82) is 0 Å². The van der Waals surface area contributed by atoms with Gasteiger partial charge in [0.15, 0.2) is 11.6 Å². The molecule has 3 rings (SSSR count). The van der Waals surface area contributed by atoms with E-state index in [9.17, 15) is 13.6 Å². The van der Waals surface area contributed by atoms with E-state index in [-0.39, 0.29) is 5.56 Å². The van der Waals surface area contributed by atoms with Gasteiger partial charge in [0, 0.05) is 22.2 Å². The van der Waals surface area contributed by atoms with Crippen LogP contribution in [-0.2, 0) is 0 Å². The molecule has 0 saturated carbocycles. The molecular formula is C17H12F2N2OS. The molecule has 1 aromatic heterocycles. The SMILES string of the molecule is Cc1nc(-c2cccc(NC(=O)c3ccc(F)c(F)c3)c2)cs1. The van der Waals surface area contributed by atoms with Gasteiger partial charge in [0.25, 0.3) is 5.91 Å². The molecule has 2 aromatic carbocycles. The average molecular weight is 330 g/mol. The molecule has 0 aliphatic heterocycles.